The smallest absolute Gasteiger partial charge is 0.241 e. The molecule has 1 heterocycles. The second-order valence-electron chi connectivity index (χ2n) is 5.20. The van der Waals surface area contributed by atoms with E-state index < -0.39 is 0 Å². The lowest BCUT2D eigenvalue weighted by Gasteiger charge is -2.07. The van der Waals surface area contributed by atoms with Gasteiger partial charge in [0.1, 0.15) is 6.54 Å². The van der Waals surface area contributed by atoms with E-state index >= 15 is 0 Å². The summed E-state index contributed by atoms with van der Waals surface area (Å²) in [5.41, 5.74) is 1.98. The summed E-state index contributed by atoms with van der Waals surface area (Å²) in [6.45, 7) is 0.741. The first-order valence-corrected chi connectivity index (χ1v) is 8.00. The zero-order valence-corrected chi connectivity index (χ0v) is 13.8. The normalized spacial score (nSPS) is 10.9. The van der Waals surface area contributed by atoms with E-state index in [1.165, 1.54) is 0 Å². The summed E-state index contributed by atoms with van der Waals surface area (Å²) in [5, 5.41) is 9.32. The van der Waals surface area contributed by atoms with E-state index in [0.717, 1.165) is 22.9 Å². The molecular formula is C17H15Cl2N3O. The number of carbonyl (C=O) groups excluding carboxylic acids is 1. The quantitative estimate of drug-likeness (QED) is 0.764. The van der Waals surface area contributed by atoms with Crippen LogP contribution in [-0.4, -0.2) is 22.2 Å². The molecule has 0 aliphatic heterocycles. The number of nitrogens with zero attached hydrogens (tertiary/aromatic N) is 2. The average Bonchev–Trinajstić information content (AvgIpc) is 2.94. The number of hydrogen-bond acceptors (Lipinski definition) is 2. The number of amides is 1. The molecule has 0 radical (unpaired) electrons. The lowest BCUT2D eigenvalue weighted by atomic mass is 10.1. The van der Waals surface area contributed by atoms with E-state index in [1.54, 1.807) is 10.9 Å². The fourth-order valence-electron chi connectivity index (χ4n) is 2.38. The molecule has 0 saturated carbocycles. The number of carbonyl (C=O) groups is 1. The molecule has 4 nitrogen and oxygen atoms in total. The Morgan fingerprint density at radius 1 is 1.13 bits per heavy atom. The summed E-state index contributed by atoms with van der Waals surface area (Å²) in [6.07, 6.45) is 2.44. The Balaban J connectivity index is 1.56. The molecule has 0 unspecified atom stereocenters. The van der Waals surface area contributed by atoms with Crippen molar-refractivity contribution in [2.75, 3.05) is 6.54 Å². The highest BCUT2D eigenvalue weighted by Gasteiger charge is 2.09. The van der Waals surface area contributed by atoms with E-state index in [1.807, 2.05) is 42.5 Å². The maximum atomic E-state index is 12.1. The summed E-state index contributed by atoms with van der Waals surface area (Å²) in [5.74, 6) is -0.0797. The van der Waals surface area contributed by atoms with Gasteiger partial charge in [-0.1, -0.05) is 41.4 Å². The van der Waals surface area contributed by atoms with Crippen molar-refractivity contribution in [3.8, 4) is 0 Å². The number of aromatic nitrogens is 2. The van der Waals surface area contributed by atoms with Crippen molar-refractivity contribution in [2.45, 2.75) is 13.0 Å². The molecule has 23 heavy (non-hydrogen) atoms. The van der Waals surface area contributed by atoms with Crippen LogP contribution in [0.15, 0.2) is 48.7 Å². The fraction of sp³-hybridized carbons (Fsp3) is 0.176. The van der Waals surface area contributed by atoms with Gasteiger partial charge in [-0.15, -0.1) is 0 Å². The molecule has 6 heteroatoms. The third-order valence-electron chi connectivity index (χ3n) is 3.58. The highest BCUT2D eigenvalue weighted by molar-refractivity contribution is 6.35. The second kappa shape index (κ2) is 7.02. The molecule has 0 atom stereocenters. The van der Waals surface area contributed by atoms with Gasteiger partial charge in [-0.3, -0.25) is 9.48 Å². The molecule has 1 amide bonds. The van der Waals surface area contributed by atoms with Crippen LogP contribution in [0.2, 0.25) is 10.0 Å². The Labute approximate surface area is 144 Å². The van der Waals surface area contributed by atoms with Gasteiger partial charge in [-0.05, 0) is 36.2 Å². The van der Waals surface area contributed by atoms with Crippen LogP contribution < -0.4 is 5.32 Å². The summed E-state index contributed by atoms with van der Waals surface area (Å²) in [7, 11) is 0. The standard InChI is InChI=1S/C17H15Cl2N3O/c18-13-6-4-12(5-7-13)8-9-20-17(23)11-22-16-3-1-2-15(19)14(16)10-21-22/h1-7,10H,8-9,11H2,(H,20,23). The average molecular weight is 348 g/mol. The molecule has 0 fully saturated rings. The molecule has 1 N–H and O–H groups in total. The van der Waals surface area contributed by atoms with Gasteiger partial charge in [0.05, 0.1) is 16.7 Å². The van der Waals surface area contributed by atoms with Crippen molar-refractivity contribution in [2.24, 2.45) is 0 Å². The molecule has 118 valence electrons. The third kappa shape index (κ3) is 3.84. The predicted molar refractivity (Wildman–Crippen MR) is 92.9 cm³/mol. The molecule has 3 aromatic rings. The van der Waals surface area contributed by atoms with Gasteiger partial charge in [-0.25, -0.2) is 0 Å². The van der Waals surface area contributed by atoms with Crippen LogP contribution >= 0.6 is 23.2 Å². The molecule has 0 bridgehead atoms. The number of hydrogen-bond donors (Lipinski definition) is 1. The molecule has 0 saturated heterocycles. The zero-order chi connectivity index (χ0) is 16.2. The summed E-state index contributed by atoms with van der Waals surface area (Å²) in [6, 6.07) is 13.2. The van der Waals surface area contributed by atoms with E-state index in [4.69, 9.17) is 23.2 Å². The number of halogens is 2. The first kappa shape index (κ1) is 15.8. The highest BCUT2D eigenvalue weighted by atomic mass is 35.5. The maximum absolute atomic E-state index is 12.1. The van der Waals surface area contributed by atoms with Gasteiger partial charge in [0.2, 0.25) is 5.91 Å². The maximum Gasteiger partial charge on any atom is 0.241 e. The molecule has 0 aliphatic carbocycles. The predicted octanol–water partition coefficient (Wildman–Crippen LogP) is 3.70. The van der Waals surface area contributed by atoms with Crippen molar-refractivity contribution in [1.29, 1.82) is 0 Å². The topological polar surface area (TPSA) is 46.9 Å². The SMILES string of the molecule is O=C(Cn1ncc2c(Cl)cccc21)NCCc1ccc(Cl)cc1. The van der Waals surface area contributed by atoms with Crippen molar-refractivity contribution < 1.29 is 4.79 Å². The van der Waals surface area contributed by atoms with Crippen LogP contribution in [-0.2, 0) is 17.8 Å². The molecule has 3 rings (SSSR count). The van der Waals surface area contributed by atoms with Crippen LogP contribution in [0.1, 0.15) is 5.56 Å². The summed E-state index contributed by atoms with van der Waals surface area (Å²) < 4.78 is 1.65. The third-order valence-corrected chi connectivity index (χ3v) is 4.16. The van der Waals surface area contributed by atoms with E-state index in [0.29, 0.717) is 16.6 Å². The lowest BCUT2D eigenvalue weighted by Crippen LogP contribution is -2.29. The van der Waals surface area contributed by atoms with Gasteiger partial charge < -0.3 is 5.32 Å². The lowest BCUT2D eigenvalue weighted by molar-refractivity contribution is -0.121. The minimum Gasteiger partial charge on any atom is -0.354 e. The highest BCUT2D eigenvalue weighted by Crippen LogP contribution is 2.22. The van der Waals surface area contributed by atoms with Gasteiger partial charge >= 0.3 is 0 Å². The van der Waals surface area contributed by atoms with Crippen LogP contribution in [0.5, 0.6) is 0 Å². The molecule has 0 aliphatic rings. The van der Waals surface area contributed by atoms with E-state index in [-0.39, 0.29) is 12.5 Å². The van der Waals surface area contributed by atoms with Gasteiger partial charge in [-0.2, -0.15) is 5.10 Å². The minimum atomic E-state index is -0.0797. The van der Waals surface area contributed by atoms with Crippen molar-refractivity contribution in [3.05, 3.63) is 64.3 Å². The number of benzene rings is 2. The van der Waals surface area contributed by atoms with Crippen LogP contribution in [0.4, 0.5) is 0 Å². The van der Waals surface area contributed by atoms with Crippen molar-refractivity contribution in [3.63, 3.8) is 0 Å². The van der Waals surface area contributed by atoms with Gasteiger partial charge in [0.25, 0.3) is 0 Å². The number of rotatable bonds is 5. The molecular weight excluding hydrogens is 333 g/mol. The largest absolute Gasteiger partial charge is 0.354 e. The fourth-order valence-corrected chi connectivity index (χ4v) is 2.73. The summed E-state index contributed by atoms with van der Waals surface area (Å²) in [4.78, 5) is 12.1. The zero-order valence-electron chi connectivity index (χ0n) is 12.3. The van der Waals surface area contributed by atoms with Gasteiger partial charge in [0.15, 0.2) is 0 Å². The number of fused-ring (bicyclic) bond motifs is 1. The minimum absolute atomic E-state index is 0.0797. The molecule has 2 aromatic carbocycles. The number of nitrogens with one attached hydrogen (secondary N) is 1. The van der Waals surface area contributed by atoms with Crippen LogP contribution in [0, 0.1) is 0 Å². The van der Waals surface area contributed by atoms with E-state index in [9.17, 15) is 4.79 Å². The Bertz CT molecular complexity index is 827. The Hall–Kier alpha value is -2.04. The summed E-state index contributed by atoms with van der Waals surface area (Å²) >= 11 is 12.0. The Morgan fingerprint density at radius 3 is 2.70 bits per heavy atom. The first-order chi connectivity index (χ1) is 11.1. The molecule has 1 aromatic heterocycles. The Morgan fingerprint density at radius 2 is 1.91 bits per heavy atom. The van der Waals surface area contributed by atoms with Crippen molar-refractivity contribution >= 4 is 40.0 Å². The van der Waals surface area contributed by atoms with Crippen LogP contribution in [0.25, 0.3) is 10.9 Å². The van der Waals surface area contributed by atoms with Crippen LogP contribution in [0.3, 0.4) is 0 Å². The van der Waals surface area contributed by atoms with Crippen molar-refractivity contribution in [1.82, 2.24) is 15.1 Å². The molecule has 0 spiro atoms. The first-order valence-electron chi connectivity index (χ1n) is 7.24. The van der Waals surface area contributed by atoms with Gasteiger partial charge in [0, 0.05) is 17.0 Å². The second-order valence-corrected chi connectivity index (χ2v) is 6.04. The Kier molecular flexibility index (Phi) is 4.84. The van der Waals surface area contributed by atoms with E-state index in [2.05, 4.69) is 10.4 Å². The monoisotopic (exact) mass is 347 g/mol.